The number of hydrogen-bond acceptors (Lipinski definition) is 0. The lowest BCUT2D eigenvalue weighted by molar-refractivity contribution is 0.500. The first-order valence-corrected chi connectivity index (χ1v) is 4.95. The van der Waals surface area contributed by atoms with E-state index in [0.717, 1.165) is 5.92 Å². The molecule has 0 aromatic carbocycles. The summed E-state index contributed by atoms with van der Waals surface area (Å²) in [6.45, 7) is 0. The predicted octanol–water partition coefficient (Wildman–Crippen LogP) is 3.07. The minimum atomic E-state index is 0.583. The van der Waals surface area contributed by atoms with Gasteiger partial charge in [-0.25, -0.2) is 0 Å². The molecule has 58 valence electrons. The second-order valence-corrected chi connectivity index (χ2v) is 4.32. The highest BCUT2D eigenvalue weighted by atomic mass is 79.9. The molecule has 0 spiro atoms. The highest BCUT2D eigenvalue weighted by molar-refractivity contribution is 9.09. The van der Waals surface area contributed by atoms with E-state index in [1.807, 2.05) is 0 Å². The Balaban J connectivity index is 2.20. The van der Waals surface area contributed by atoms with Gasteiger partial charge in [0.15, 0.2) is 0 Å². The van der Waals surface area contributed by atoms with Crippen LogP contribution >= 0.6 is 15.9 Å². The van der Waals surface area contributed by atoms with Crippen molar-refractivity contribution in [3.05, 3.63) is 36.5 Å². The lowest BCUT2D eigenvalue weighted by Gasteiger charge is -2.26. The van der Waals surface area contributed by atoms with Gasteiger partial charge in [0.2, 0.25) is 0 Å². The summed E-state index contributed by atoms with van der Waals surface area (Å²) in [6, 6.07) is 0. The van der Waals surface area contributed by atoms with Crippen molar-refractivity contribution >= 4 is 15.9 Å². The van der Waals surface area contributed by atoms with Gasteiger partial charge in [0.1, 0.15) is 0 Å². The zero-order chi connectivity index (χ0) is 7.68. The molecule has 0 fully saturated rings. The van der Waals surface area contributed by atoms with Crippen LogP contribution in [0.25, 0.3) is 0 Å². The van der Waals surface area contributed by atoms with Gasteiger partial charge in [0, 0.05) is 10.7 Å². The first-order chi connectivity index (χ1) is 5.36. The summed E-state index contributed by atoms with van der Waals surface area (Å²) in [5.74, 6) is 1.39. The molecule has 0 radical (unpaired) electrons. The average Bonchev–Trinajstić information content (AvgIpc) is 2.04. The van der Waals surface area contributed by atoms with Gasteiger partial charge in [-0.1, -0.05) is 52.4 Å². The Bertz CT molecular complexity index is 225. The SMILES string of the molecule is BrC1C=CC2C=CC=CC2C1. The van der Waals surface area contributed by atoms with Crippen molar-refractivity contribution in [3.8, 4) is 0 Å². The lowest BCUT2D eigenvalue weighted by atomic mass is 9.81. The van der Waals surface area contributed by atoms with E-state index in [1.165, 1.54) is 6.42 Å². The highest BCUT2D eigenvalue weighted by Crippen LogP contribution is 2.32. The molecule has 1 heteroatoms. The number of halogens is 1. The number of hydrogen-bond donors (Lipinski definition) is 0. The van der Waals surface area contributed by atoms with Crippen molar-refractivity contribution in [2.45, 2.75) is 11.2 Å². The van der Waals surface area contributed by atoms with E-state index in [9.17, 15) is 0 Å². The molecule has 0 aromatic heterocycles. The maximum absolute atomic E-state index is 3.61. The molecular formula is C10H11Br. The van der Waals surface area contributed by atoms with Crippen molar-refractivity contribution < 1.29 is 0 Å². The molecule has 0 N–H and O–H groups in total. The van der Waals surface area contributed by atoms with Gasteiger partial charge in [-0.05, 0) is 12.3 Å². The lowest BCUT2D eigenvalue weighted by Crippen LogP contribution is -2.18. The molecule has 3 unspecified atom stereocenters. The Morgan fingerprint density at radius 2 is 1.82 bits per heavy atom. The molecule has 0 nitrogen and oxygen atoms in total. The third-order valence-electron chi connectivity index (χ3n) is 2.34. The molecular weight excluding hydrogens is 200 g/mol. The molecule has 0 saturated heterocycles. The van der Waals surface area contributed by atoms with E-state index < -0.39 is 0 Å². The third-order valence-corrected chi connectivity index (χ3v) is 3.02. The van der Waals surface area contributed by atoms with Gasteiger partial charge in [-0.15, -0.1) is 0 Å². The summed E-state index contributed by atoms with van der Waals surface area (Å²) in [5.41, 5.74) is 0. The second kappa shape index (κ2) is 2.98. The average molecular weight is 211 g/mol. The highest BCUT2D eigenvalue weighted by Gasteiger charge is 2.22. The van der Waals surface area contributed by atoms with Gasteiger partial charge < -0.3 is 0 Å². The fraction of sp³-hybridized carbons (Fsp3) is 0.400. The summed E-state index contributed by atoms with van der Waals surface area (Å²) in [5, 5.41) is 0. The van der Waals surface area contributed by atoms with Gasteiger partial charge in [0.05, 0.1) is 0 Å². The summed E-state index contributed by atoms with van der Waals surface area (Å²) in [4.78, 5) is 0.583. The number of rotatable bonds is 0. The summed E-state index contributed by atoms with van der Waals surface area (Å²) in [7, 11) is 0. The topological polar surface area (TPSA) is 0 Å². The van der Waals surface area contributed by atoms with Crippen LogP contribution in [-0.4, -0.2) is 4.83 Å². The Hall–Kier alpha value is -0.300. The second-order valence-electron chi connectivity index (χ2n) is 3.15. The summed E-state index contributed by atoms with van der Waals surface area (Å²) >= 11 is 3.61. The van der Waals surface area contributed by atoms with E-state index in [1.54, 1.807) is 0 Å². The molecule has 3 atom stereocenters. The fourth-order valence-electron chi connectivity index (χ4n) is 1.70. The van der Waals surface area contributed by atoms with Gasteiger partial charge in [0.25, 0.3) is 0 Å². The van der Waals surface area contributed by atoms with Crippen LogP contribution in [0.2, 0.25) is 0 Å². The molecule has 2 aliphatic carbocycles. The molecule has 0 aliphatic heterocycles. The molecule has 0 heterocycles. The van der Waals surface area contributed by atoms with Crippen LogP contribution in [0.15, 0.2) is 36.5 Å². The smallest absolute Gasteiger partial charge is 0.0331 e. The number of allylic oxidation sites excluding steroid dienone is 6. The van der Waals surface area contributed by atoms with Crippen LogP contribution in [0.1, 0.15) is 6.42 Å². The number of fused-ring (bicyclic) bond motifs is 1. The van der Waals surface area contributed by atoms with E-state index >= 15 is 0 Å². The van der Waals surface area contributed by atoms with E-state index in [2.05, 4.69) is 52.4 Å². The Morgan fingerprint density at radius 1 is 1.00 bits per heavy atom. The zero-order valence-corrected chi connectivity index (χ0v) is 7.87. The van der Waals surface area contributed by atoms with Gasteiger partial charge in [-0.3, -0.25) is 0 Å². The minimum Gasteiger partial charge on any atom is -0.0845 e. The first-order valence-electron chi connectivity index (χ1n) is 4.03. The number of alkyl halides is 1. The van der Waals surface area contributed by atoms with Crippen molar-refractivity contribution in [1.82, 2.24) is 0 Å². The largest absolute Gasteiger partial charge is 0.0845 e. The van der Waals surface area contributed by atoms with Gasteiger partial charge in [-0.2, -0.15) is 0 Å². The van der Waals surface area contributed by atoms with Crippen LogP contribution < -0.4 is 0 Å². The molecule has 11 heavy (non-hydrogen) atoms. The third kappa shape index (κ3) is 1.48. The first kappa shape index (κ1) is 7.35. The van der Waals surface area contributed by atoms with E-state index in [4.69, 9.17) is 0 Å². The standard InChI is InChI=1S/C10H11Br/c11-10-6-5-8-3-1-2-4-9(8)7-10/h1-6,8-10H,7H2. The molecule has 2 aliphatic rings. The minimum absolute atomic E-state index is 0.583. The Kier molecular flexibility index (Phi) is 1.99. The maximum Gasteiger partial charge on any atom is 0.0331 e. The normalized spacial score (nSPS) is 40.6. The van der Waals surface area contributed by atoms with Gasteiger partial charge >= 0.3 is 0 Å². The van der Waals surface area contributed by atoms with E-state index in [0.29, 0.717) is 10.7 Å². The van der Waals surface area contributed by atoms with Crippen LogP contribution in [0, 0.1) is 11.8 Å². The molecule has 0 aromatic rings. The van der Waals surface area contributed by atoms with Crippen molar-refractivity contribution in [3.63, 3.8) is 0 Å². The van der Waals surface area contributed by atoms with Crippen LogP contribution in [0.4, 0.5) is 0 Å². The zero-order valence-electron chi connectivity index (χ0n) is 6.28. The van der Waals surface area contributed by atoms with Crippen LogP contribution in [0.5, 0.6) is 0 Å². The van der Waals surface area contributed by atoms with Crippen molar-refractivity contribution in [2.24, 2.45) is 11.8 Å². The monoisotopic (exact) mass is 210 g/mol. The van der Waals surface area contributed by atoms with E-state index in [-0.39, 0.29) is 0 Å². The molecule has 2 rings (SSSR count). The summed E-state index contributed by atoms with van der Waals surface area (Å²) < 4.78 is 0. The predicted molar refractivity (Wildman–Crippen MR) is 51.7 cm³/mol. The molecule has 0 saturated carbocycles. The van der Waals surface area contributed by atoms with Crippen LogP contribution in [0.3, 0.4) is 0 Å². The Morgan fingerprint density at radius 3 is 2.73 bits per heavy atom. The molecule has 0 amide bonds. The quantitative estimate of drug-likeness (QED) is 0.426. The summed E-state index contributed by atoms with van der Waals surface area (Å²) in [6.07, 6.45) is 14.7. The Labute approximate surface area is 75.8 Å². The maximum atomic E-state index is 3.61. The van der Waals surface area contributed by atoms with Crippen molar-refractivity contribution in [1.29, 1.82) is 0 Å². The fourth-order valence-corrected chi connectivity index (χ4v) is 2.31. The van der Waals surface area contributed by atoms with Crippen molar-refractivity contribution in [2.75, 3.05) is 0 Å². The van der Waals surface area contributed by atoms with Crippen LogP contribution in [-0.2, 0) is 0 Å². The molecule has 0 bridgehead atoms.